The molecule has 3 aromatic heterocycles. The molecule has 0 spiro atoms. The van der Waals surface area contributed by atoms with Crippen molar-refractivity contribution in [3.05, 3.63) is 60.0 Å². The second kappa shape index (κ2) is 4.12. The third kappa shape index (κ3) is 1.57. The largest absolute Gasteiger partial charge is 0.323 e. The molecule has 20 heavy (non-hydrogen) atoms. The Bertz CT molecular complexity index is 933. The first-order chi connectivity index (χ1) is 9.74. The van der Waals surface area contributed by atoms with E-state index in [1.165, 1.54) is 0 Å². The summed E-state index contributed by atoms with van der Waals surface area (Å²) in [6.07, 6.45) is 6.03. The van der Waals surface area contributed by atoms with Crippen LogP contribution in [0.5, 0.6) is 0 Å². The highest BCUT2D eigenvalue weighted by Gasteiger charge is 2.12. The second-order valence-corrected chi connectivity index (χ2v) is 5.26. The van der Waals surface area contributed by atoms with Crippen LogP contribution >= 0.6 is 11.6 Å². The zero-order valence-corrected chi connectivity index (χ0v) is 11.7. The van der Waals surface area contributed by atoms with E-state index in [0.717, 1.165) is 32.6 Å². The summed E-state index contributed by atoms with van der Waals surface area (Å²) in [7, 11) is 1.91. The lowest BCUT2D eigenvalue weighted by molar-refractivity contribution is 0.780. The van der Waals surface area contributed by atoms with Gasteiger partial charge >= 0.3 is 0 Å². The summed E-state index contributed by atoms with van der Waals surface area (Å²) in [6.45, 7) is 0. The fourth-order valence-electron chi connectivity index (χ4n) is 2.68. The lowest BCUT2D eigenvalue weighted by atomic mass is 10.0. The van der Waals surface area contributed by atoms with Crippen LogP contribution in [0, 0.1) is 0 Å². The lowest BCUT2D eigenvalue weighted by Crippen LogP contribution is -1.87. The maximum Gasteiger partial charge on any atom is 0.0938 e. The normalized spacial score (nSPS) is 11.5. The van der Waals surface area contributed by atoms with Gasteiger partial charge in [0, 0.05) is 42.2 Å². The minimum absolute atomic E-state index is 0.755. The van der Waals surface area contributed by atoms with Crippen molar-refractivity contribution in [2.24, 2.45) is 7.05 Å². The number of benzene rings is 1. The summed E-state index contributed by atoms with van der Waals surface area (Å²) in [5, 5.41) is 6.13. The van der Waals surface area contributed by atoms with Gasteiger partial charge in [0.15, 0.2) is 0 Å². The van der Waals surface area contributed by atoms with Gasteiger partial charge in [0.25, 0.3) is 0 Å². The Labute approximate surface area is 121 Å². The smallest absolute Gasteiger partial charge is 0.0938 e. The summed E-state index contributed by atoms with van der Waals surface area (Å²) in [6, 6.07) is 12.3. The number of fused-ring (bicyclic) bond motifs is 2. The summed E-state index contributed by atoms with van der Waals surface area (Å²) < 4.78 is 3.89. The van der Waals surface area contributed by atoms with Crippen LogP contribution in [0.25, 0.3) is 27.5 Å². The van der Waals surface area contributed by atoms with Gasteiger partial charge in [-0.2, -0.15) is 5.10 Å². The highest BCUT2D eigenvalue weighted by atomic mass is 35.5. The van der Waals surface area contributed by atoms with Crippen LogP contribution in [0.2, 0.25) is 5.02 Å². The first kappa shape index (κ1) is 11.6. The molecule has 0 saturated carbocycles. The third-order valence-corrected chi connectivity index (χ3v) is 4.00. The Hall–Kier alpha value is -2.26. The maximum atomic E-state index is 6.59. The van der Waals surface area contributed by atoms with Gasteiger partial charge < -0.3 is 4.40 Å². The van der Waals surface area contributed by atoms with Gasteiger partial charge in [0.2, 0.25) is 0 Å². The number of halogens is 1. The molecule has 0 aliphatic heterocycles. The standard InChI is InChI=1S/C16H12ClN3/c1-19-10-13-14(18-19)7-6-12(16(13)17)11-4-2-8-20-9-3-5-15(11)20/h2-10H,1H3. The van der Waals surface area contributed by atoms with Crippen LogP contribution in [0.3, 0.4) is 0 Å². The van der Waals surface area contributed by atoms with Gasteiger partial charge in [0.05, 0.1) is 16.1 Å². The maximum absolute atomic E-state index is 6.59. The SMILES string of the molecule is Cn1cc2c(Cl)c(-c3cccn4cccc34)ccc2n1. The molecule has 0 bridgehead atoms. The van der Waals surface area contributed by atoms with E-state index in [0.29, 0.717) is 0 Å². The van der Waals surface area contributed by atoms with Crippen molar-refractivity contribution in [1.29, 1.82) is 0 Å². The summed E-state index contributed by atoms with van der Waals surface area (Å²) >= 11 is 6.59. The third-order valence-electron chi connectivity index (χ3n) is 3.59. The van der Waals surface area contributed by atoms with Gasteiger partial charge in [0.1, 0.15) is 0 Å². The van der Waals surface area contributed by atoms with E-state index in [2.05, 4.69) is 21.6 Å². The quantitative estimate of drug-likeness (QED) is 0.514. The van der Waals surface area contributed by atoms with Crippen LogP contribution in [0.1, 0.15) is 0 Å². The average molecular weight is 282 g/mol. The molecule has 0 amide bonds. The van der Waals surface area contributed by atoms with E-state index < -0.39 is 0 Å². The summed E-state index contributed by atoms with van der Waals surface area (Å²) in [5.41, 5.74) is 4.24. The van der Waals surface area contributed by atoms with Crippen molar-refractivity contribution >= 4 is 28.0 Å². The second-order valence-electron chi connectivity index (χ2n) is 4.89. The molecule has 0 fully saturated rings. The van der Waals surface area contributed by atoms with Gasteiger partial charge in [-0.15, -0.1) is 0 Å². The Balaban J connectivity index is 2.07. The number of rotatable bonds is 1. The molecule has 98 valence electrons. The van der Waals surface area contributed by atoms with Crippen molar-refractivity contribution in [2.75, 3.05) is 0 Å². The monoisotopic (exact) mass is 281 g/mol. The fourth-order valence-corrected chi connectivity index (χ4v) is 2.99. The van der Waals surface area contributed by atoms with Crippen LogP contribution in [-0.4, -0.2) is 14.2 Å². The average Bonchev–Trinajstić information content (AvgIpc) is 3.04. The molecule has 0 atom stereocenters. The van der Waals surface area contributed by atoms with E-state index >= 15 is 0 Å². The van der Waals surface area contributed by atoms with Gasteiger partial charge in [-0.3, -0.25) is 4.68 Å². The molecule has 0 radical (unpaired) electrons. The van der Waals surface area contributed by atoms with Gasteiger partial charge in [-0.1, -0.05) is 23.7 Å². The lowest BCUT2D eigenvalue weighted by Gasteiger charge is -2.07. The Kier molecular flexibility index (Phi) is 2.38. The van der Waals surface area contributed by atoms with Crippen LogP contribution in [0.4, 0.5) is 0 Å². The number of nitrogens with zero attached hydrogens (tertiary/aromatic N) is 3. The van der Waals surface area contributed by atoms with E-state index in [1.54, 1.807) is 4.68 Å². The molecule has 0 aliphatic rings. The summed E-state index contributed by atoms with van der Waals surface area (Å²) in [4.78, 5) is 0. The zero-order valence-electron chi connectivity index (χ0n) is 10.9. The molecule has 0 N–H and O–H groups in total. The van der Waals surface area contributed by atoms with Crippen LogP contribution in [0.15, 0.2) is 55.0 Å². The highest BCUT2D eigenvalue weighted by Crippen LogP contribution is 2.35. The minimum Gasteiger partial charge on any atom is -0.323 e. The van der Waals surface area contributed by atoms with Crippen molar-refractivity contribution in [3.63, 3.8) is 0 Å². The molecule has 0 saturated heterocycles. The van der Waals surface area contributed by atoms with E-state index in [-0.39, 0.29) is 0 Å². The molecule has 0 aliphatic carbocycles. The number of aryl methyl sites for hydroxylation is 1. The minimum atomic E-state index is 0.755. The Morgan fingerprint density at radius 2 is 1.80 bits per heavy atom. The topological polar surface area (TPSA) is 22.2 Å². The molecule has 4 heteroatoms. The number of hydrogen-bond donors (Lipinski definition) is 0. The predicted molar refractivity (Wildman–Crippen MR) is 82.1 cm³/mol. The first-order valence-corrected chi connectivity index (χ1v) is 6.80. The molecular weight excluding hydrogens is 270 g/mol. The molecule has 3 heterocycles. The van der Waals surface area contributed by atoms with Crippen molar-refractivity contribution in [2.45, 2.75) is 0 Å². The fraction of sp³-hybridized carbons (Fsp3) is 0.0625. The predicted octanol–water partition coefficient (Wildman–Crippen LogP) is 4.15. The Morgan fingerprint density at radius 1 is 1.00 bits per heavy atom. The zero-order chi connectivity index (χ0) is 13.7. The number of hydrogen-bond acceptors (Lipinski definition) is 1. The molecule has 4 aromatic rings. The first-order valence-electron chi connectivity index (χ1n) is 6.42. The van der Waals surface area contributed by atoms with Gasteiger partial charge in [-0.05, 0) is 24.3 Å². The van der Waals surface area contributed by atoms with E-state index in [9.17, 15) is 0 Å². The summed E-state index contributed by atoms with van der Waals surface area (Å²) in [5.74, 6) is 0. The highest BCUT2D eigenvalue weighted by molar-refractivity contribution is 6.38. The van der Waals surface area contributed by atoms with Crippen LogP contribution in [-0.2, 0) is 7.05 Å². The van der Waals surface area contributed by atoms with Crippen LogP contribution < -0.4 is 0 Å². The molecular formula is C16H12ClN3. The molecule has 0 unspecified atom stereocenters. The molecule has 4 rings (SSSR count). The molecule has 1 aromatic carbocycles. The van der Waals surface area contributed by atoms with E-state index in [4.69, 9.17) is 11.6 Å². The van der Waals surface area contributed by atoms with E-state index in [1.807, 2.05) is 49.9 Å². The number of pyridine rings is 1. The van der Waals surface area contributed by atoms with Crippen molar-refractivity contribution < 1.29 is 0 Å². The van der Waals surface area contributed by atoms with Crippen molar-refractivity contribution in [3.8, 4) is 11.1 Å². The Morgan fingerprint density at radius 3 is 2.65 bits per heavy atom. The molecule has 3 nitrogen and oxygen atoms in total. The van der Waals surface area contributed by atoms with Crippen molar-refractivity contribution in [1.82, 2.24) is 14.2 Å². The number of aromatic nitrogens is 3. The van der Waals surface area contributed by atoms with Gasteiger partial charge in [-0.25, -0.2) is 0 Å².